The van der Waals surface area contributed by atoms with Crippen molar-refractivity contribution < 1.29 is 22.8 Å². The second-order valence-electron chi connectivity index (χ2n) is 5.41. The lowest BCUT2D eigenvalue weighted by Crippen LogP contribution is -2.50. The van der Waals surface area contributed by atoms with Crippen molar-refractivity contribution in [2.24, 2.45) is 0 Å². The number of para-hydroxylation sites is 2. The third-order valence-corrected chi connectivity index (χ3v) is 4.50. The molecule has 136 valence electrons. The maximum atomic E-state index is 13.6. The van der Waals surface area contributed by atoms with Gasteiger partial charge in [-0.3, -0.25) is 14.5 Å². The zero-order valence-electron chi connectivity index (χ0n) is 13.2. The first-order chi connectivity index (χ1) is 12.4. The fraction of sp³-hybridized carbons (Fsp3) is 0.250. The summed E-state index contributed by atoms with van der Waals surface area (Å²) in [5, 5.41) is 2.70. The molecule has 1 aromatic heterocycles. The van der Waals surface area contributed by atoms with Gasteiger partial charge in [0.25, 0.3) is 0 Å². The molecular formula is C16H13F3N4O2S. The average Bonchev–Trinajstić information content (AvgIpc) is 2.76. The fourth-order valence-corrected chi connectivity index (χ4v) is 3.21. The highest BCUT2D eigenvalue weighted by Gasteiger charge is 2.48. The molecule has 0 fully saturated rings. The van der Waals surface area contributed by atoms with Gasteiger partial charge < -0.3 is 5.32 Å². The van der Waals surface area contributed by atoms with Crippen LogP contribution >= 0.6 is 11.8 Å². The number of aromatic nitrogens is 2. The van der Waals surface area contributed by atoms with Gasteiger partial charge in [0.15, 0.2) is 5.16 Å². The van der Waals surface area contributed by atoms with Gasteiger partial charge in [0.1, 0.15) is 6.04 Å². The summed E-state index contributed by atoms with van der Waals surface area (Å²) in [6.07, 6.45) is -2.67. The minimum Gasteiger partial charge on any atom is -0.324 e. The first kappa shape index (κ1) is 18.2. The summed E-state index contributed by atoms with van der Waals surface area (Å²) in [5.41, 5.74) is 0.179. The predicted octanol–water partition coefficient (Wildman–Crippen LogP) is 2.88. The first-order valence-corrected chi connectivity index (χ1v) is 8.52. The summed E-state index contributed by atoms with van der Waals surface area (Å²) < 4.78 is 40.7. The smallest absolute Gasteiger partial charge is 0.324 e. The number of rotatable bonds is 3. The molecule has 3 rings (SSSR count). The number of hydrogen-bond donors (Lipinski definition) is 1. The van der Waals surface area contributed by atoms with Crippen LogP contribution in [0, 0.1) is 0 Å². The Morgan fingerprint density at radius 3 is 2.62 bits per heavy atom. The third kappa shape index (κ3) is 3.96. The summed E-state index contributed by atoms with van der Waals surface area (Å²) in [6, 6.07) is 5.27. The van der Waals surface area contributed by atoms with Crippen LogP contribution < -0.4 is 10.2 Å². The number of thioether (sulfide) groups is 1. The van der Waals surface area contributed by atoms with Crippen molar-refractivity contribution in [1.29, 1.82) is 0 Å². The molecule has 0 saturated carbocycles. The molecule has 0 radical (unpaired) electrons. The molecule has 2 heterocycles. The van der Waals surface area contributed by atoms with Crippen LogP contribution in [0.25, 0.3) is 0 Å². The fourth-order valence-electron chi connectivity index (χ4n) is 2.55. The van der Waals surface area contributed by atoms with E-state index in [1.807, 2.05) is 0 Å². The van der Waals surface area contributed by atoms with E-state index in [9.17, 15) is 22.8 Å². The van der Waals surface area contributed by atoms with Crippen molar-refractivity contribution in [3.63, 3.8) is 0 Å². The Kier molecular flexibility index (Phi) is 5.12. The Bertz CT molecular complexity index is 817. The molecule has 0 saturated heterocycles. The molecule has 10 heteroatoms. The number of alkyl halides is 3. The number of halogens is 3. The standard InChI is InChI=1S/C16H13F3N4O2S/c17-16(18,19)12-8-13(24)22-10-4-1-2-5-11(10)23(12)14(25)9-26-15-20-6-3-7-21-15/h1-7,12H,8-9H2,(H,22,24)/t12-/m1/s1. The van der Waals surface area contributed by atoms with Gasteiger partial charge in [-0.25, -0.2) is 9.97 Å². The molecule has 1 aliphatic heterocycles. The van der Waals surface area contributed by atoms with Crippen molar-refractivity contribution in [1.82, 2.24) is 9.97 Å². The summed E-state index contributed by atoms with van der Waals surface area (Å²) in [4.78, 5) is 33.0. The van der Waals surface area contributed by atoms with Crippen molar-refractivity contribution >= 4 is 35.0 Å². The average molecular weight is 382 g/mol. The van der Waals surface area contributed by atoms with E-state index in [1.54, 1.807) is 12.1 Å². The molecule has 6 nitrogen and oxygen atoms in total. The number of amides is 2. The van der Waals surface area contributed by atoms with Crippen LogP contribution in [0.4, 0.5) is 24.5 Å². The van der Waals surface area contributed by atoms with Crippen LogP contribution in [0.3, 0.4) is 0 Å². The van der Waals surface area contributed by atoms with Crippen LogP contribution in [-0.4, -0.2) is 39.8 Å². The Morgan fingerprint density at radius 2 is 1.92 bits per heavy atom. The maximum Gasteiger partial charge on any atom is 0.409 e. The molecule has 1 aliphatic rings. The summed E-state index contributed by atoms with van der Waals surface area (Å²) in [5.74, 6) is -1.87. The van der Waals surface area contributed by atoms with E-state index in [1.165, 1.54) is 30.6 Å². The number of nitrogens with zero attached hydrogens (tertiary/aromatic N) is 3. The number of carbonyl (C=O) groups is 2. The lowest BCUT2D eigenvalue weighted by atomic mass is 10.1. The van der Waals surface area contributed by atoms with Crippen molar-refractivity contribution in [2.45, 2.75) is 23.8 Å². The number of carbonyl (C=O) groups excluding carboxylic acids is 2. The van der Waals surface area contributed by atoms with Crippen molar-refractivity contribution in [2.75, 3.05) is 16.0 Å². The van der Waals surface area contributed by atoms with Gasteiger partial charge in [0.05, 0.1) is 23.5 Å². The molecular weight excluding hydrogens is 369 g/mol. The van der Waals surface area contributed by atoms with Crippen LogP contribution in [0.15, 0.2) is 47.9 Å². The number of nitrogens with one attached hydrogen (secondary N) is 1. The minimum absolute atomic E-state index is 0.0141. The Hall–Kier alpha value is -2.62. The third-order valence-electron chi connectivity index (χ3n) is 3.64. The number of hydrogen-bond acceptors (Lipinski definition) is 5. The molecule has 0 spiro atoms. The molecule has 0 aliphatic carbocycles. The lowest BCUT2D eigenvalue weighted by molar-refractivity contribution is -0.157. The Morgan fingerprint density at radius 1 is 1.23 bits per heavy atom. The predicted molar refractivity (Wildman–Crippen MR) is 89.8 cm³/mol. The molecule has 26 heavy (non-hydrogen) atoms. The van der Waals surface area contributed by atoms with Crippen molar-refractivity contribution in [3.05, 3.63) is 42.7 Å². The zero-order chi connectivity index (χ0) is 18.7. The van der Waals surface area contributed by atoms with Gasteiger partial charge in [-0.2, -0.15) is 13.2 Å². The quantitative estimate of drug-likeness (QED) is 0.653. The monoisotopic (exact) mass is 382 g/mol. The molecule has 2 amide bonds. The van der Waals surface area contributed by atoms with Gasteiger partial charge in [-0.15, -0.1) is 0 Å². The van der Waals surface area contributed by atoms with E-state index in [0.29, 0.717) is 4.90 Å². The van der Waals surface area contributed by atoms with Gasteiger partial charge in [-0.1, -0.05) is 23.9 Å². The number of anilines is 2. The topological polar surface area (TPSA) is 75.2 Å². The van der Waals surface area contributed by atoms with E-state index >= 15 is 0 Å². The zero-order valence-corrected chi connectivity index (χ0v) is 14.0. The maximum absolute atomic E-state index is 13.6. The highest BCUT2D eigenvalue weighted by atomic mass is 32.2. The first-order valence-electron chi connectivity index (χ1n) is 7.54. The van der Waals surface area contributed by atoms with E-state index in [-0.39, 0.29) is 22.3 Å². The van der Waals surface area contributed by atoms with Crippen molar-refractivity contribution in [3.8, 4) is 0 Å². The number of fused-ring (bicyclic) bond motifs is 1. The molecule has 0 unspecified atom stereocenters. The van der Waals surface area contributed by atoms with E-state index < -0.39 is 30.5 Å². The molecule has 1 aromatic carbocycles. The highest BCUT2D eigenvalue weighted by molar-refractivity contribution is 7.99. The van der Waals surface area contributed by atoms with Crippen LogP contribution in [0.1, 0.15) is 6.42 Å². The van der Waals surface area contributed by atoms with Gasteiger partial charge in [0, 0.05) is 12.4 Å². The molecule has 0 bridgehead atoms. The van der Waals surface area contributed by atoms with Crippen LogP contribution in [0.2, 0.25) is 0 Å². The van der Waals surface area contributed by atoms with Gasteiger partial charge in [-0.05, 0) is 18.2 Å². The Labute approximate surface area is 150 Å². The molecule has 2 aromatic rings. The second-order valence-corrected chi connectivity index (χ2v) is 6.35. The number of benzene rings is 1. The highest BCUT2D eigenvalue weighted by Crippen LogP contribution is 2.38. The largest absolute Gasteiger partial charge is 0.409 e. The van der Waals surface area contributed by atoms with Crippen LogP contribution in [0.5, 0.6) is 0 Å². The summed E-state index contributed by atoms with van der Waals surface area (Å²) in [7, 11) is 0. The normalized spacial score (nSPS) is 17.3. The molecule has 1 atom stereocenters. The Balaban J connectivity index is 1.93. The summed E-state index contributed by atoms with van der Waals surface area (Å²) >= 11 is 0.931. The van der Waals surface area contributed by atoms with E-state index in [2.05, 4.69) is 15.3 Å². The van der Waals surface area contributed by atoms with E-state index in [0.717, 1.165) is 11.8 Å². The summed E-state index contributed by atoms with van der Waals surface area (Å²) in [6.45, 7) is 0. The van der Waals surface area contributed by atoms with Gasteiger partial charge >= 0.3 is 6.18 Å². The van der Waals surface area contributed by atoms with Gasteiger partial charge in [0.2, 0.25) is 11.8 Å². The lowest BCUT2D eigenvalue weighted by Gasteiger charge is -2.31. The SMILES string of the molecule is O=C1C[C@H](C(F)(F)F)N(C(=O)CSc2ncccn2)c2ccccc2N1. The second kappa shape index (κ2) is 7.32. The molecule has 1 N–H and O–H groups in total. The van der Waals surface area contributed by atoms with Crippen LogP contribution in [-0.2, 0) is 9.59 Å². The van der Waals surface area contributed by atoms with E-state index in [4.69, 9.17) is 0 Å². The minimum atomic E-state index is -4.75.